The maximum atomic E-state index is 11.6. The lowest BCUT2D eigenvalue weighted by atomic mass is 9.42. The van der Waals surface area contributed by atoms with E-state index < -0.39 is 5.60 Å². The van der Waals surface area contributed by atoms with Crippen LogP contribution in [0.25, 0.3) is 0 Å². The highest BCUT2D eigenvalue weighted by Crippen LogP contribution is 2.69. The highest BCUT2D eigenvalue weighted by atomic mass is 16.5. The molecule has 0 amide bonds. The molecular weight excluding hydrogens is 348 g/mol. The van der Waals surface area contributed by atoms with E-state index >= 15 is 0 Å². The largest absolute Gasteiger partial charge is 0.463 e. The van der Waals surface area contributed by atoms with E-state index in [9.17, 15) is 9.90 Å². The molecule has 4 aliphatic rings. The summed E-state index contributed by atoms with van der Waals surface area (Å²) in [6.07, 6.45) is 11.6. The molecule has 0 aromatic rings. The summed E-state index contributed by atoms with van der Waals surface area (Å²) in [5, 5.41) is 11.6. The summed E-state index contributed by atoms with van der Waals surface area (Å²) in [5.41, 5.74) is 0.0473. The molecule has 0 bridgehead atoms. The van der Waals surface area contributed by atoms with Gasteiger partial charge in [-0.1, -0.05) is 34.1 Å². The van der Waals surface area contributed by atoms with Crippen molar-refractivity contribution in [3.05, 3.63) is 0 Å². The zero-order chi connectivity index (χ0) is 20.3. The topological polar surface area (TPSA) is 46.5 Å². The second kappa shape index (κ2) is 7.00. The number of hydrogen-bond donors (Lipinski definition) is 1. The Hall–Kier alpha value is -0.570. The van der Waals surface area contributed by atoms with Crippen molar-refractivity contribution in [3.8, 4) is 0 Å². The van der Waals surface area contributed by atoms with Gasteiger partial charge in [-0.15, -0.1) is 0 Å². The number of aliphatic hydroxyl groups is 1. The third kappa shape index (κ3) is 2.81. The number of fused-ring (bicyclic) bond motifs is 5. The summed E-state index contributed by atoms with van der Waals surface area (Å²) in [4.78, 5) is 11.5. The zero-order valence-electron chi connectivity index (χ0n) is 18.8. The number of esters is 1. The molecule has 4 aliphatic carbocycles. The minimum atomic E-state index is -0.437. The Bertz CT molecular complexity index is 617. The molecule has 0 aromatic heterocycles. The van der Waals surface area contributed by atoms with Crippen molar-refractivity contribution < 1.29 is 14.6 Å². The molecule has 3 nitrogen and oxygen atoms in total. The van der Waals surface area contributed by atoms with Gasteiger partial charge in [-0.25, -0.2) is 0 Å². The van der Waals surface area contributed by atoms with Gasteiger partial charge in [0.05, 0.1) is 5.60 Å². The van der Waals surface area contributed by atoms with Crippen molar-refractivity contribution in [1.82, 2.24) is 0 Å². The van der Waals surface area contributed by atoms with Gasteiger partial charge in [0, 0.05) is 6.92 Å². The van der Waals surface area contributed by atoms with Gasteiger partial charge in [-0.2, -0.15) is 0 Å². The Morgan fingerprint density at radius 2 is 1.79 bits per heavy atom. The van der Waals surface area contributed by atoms with E-state index in [1.54, 1.807) is 6.92 Å². The Morgan fingerprint density at radius 1 is 1.07 bits per heavy atom. The highest BCUT2D eigenvalue weighted by Gasteiger charge is 2.65. The van der Waals surface area contributed by atoms with Crippen LogP contribution < -0.4 is 0 Å². The van der Waals surface area contributed by atoms with Crippen LogP contribution in [0.15, 0.2) is 0 Å². The van der Waals surface area contributed by atoms with Crippen molar-refractivity contribution in [2.45, 2.75) is 111 Å². The van der Waals surface area contributed by atoms with Gasteiger partial charge >= 0.3 is 5.97 Å². The molecule has 4 fully saturated rings. The quantitative estimate of drug-likeness (QED) is 0.625. The van der Waals surface area contributed by atoms with Crippen molar-refractivity contribution in [2.24, 2.45) is 40.4 Å². The van der Waals surface area contributed by atoms with Crippen LogP contribution in [-0.2, 0) is 9.53 Å². The number of rotatable bonds is 3. The lowest BCUT2D eigenvalue weighted by molar-refractivity contribution is -0.183. The number of carbonyl (C=O) groups excluding carboxylic acids is 1. The summed E-state index contributed by atoms with van der Waals surface area (Å²) in [7, 11) is 0. The Balaban J connectivity index is 1.58. The molecule has 0 radical (unpaired) electrons. The molecule has 0 unspecified atom stereocenters. The van der Waals surface area contributed by atoms with Crippen LogP contribution in [0, 0.1) is 40.4 Å². The van der Waals surface area contributed by atoms with Crippen molar-refractivity contribution in [2.75, 3.05) is 0 Å². The summed E-state index contributed by atoms with van der Waals surface area (Å²) in [5.74, 6) is 3.41. The van der Waals surface area contributed by atoms with Gasteiger partial charge < -0.3 is 9.84 Å². The normalized spacial score (nSPS) is 53.1. The van der Waals surface area contributed by atoms with E-state index in [0.717, 1.165) is 43.9 Å². The first-order chi connectivity index (χ1) is 13.2. The smallest absolute Gasteiger partial charge is 0.302 e. The third-order valence-corrected chi connectivity index (χ3v) is 10.5. The van der Waals surface area contributed by atoms with Gasteiger partial charge in [0.15, 0.2) is 0 Å². The molecule has 0 aromatic carbocycles. The Kier molecular flexibility index (Phi) is 5.17. The summed E-state index contributed by atoms with van der Waals surface area (Å²) in [6, 6.07) is 0. The second-order valence-electron chi connectivity index (χ2n) is 11.4. The van der Waals surface area contributed by atoms with Crippen LogP contribution in [0.3, 0.4) is 0 Å². The third-order valence-electron chi connectivity index (χ3n) is 10.5. The minimum absolute atomic E-state index is 0.117. The number of ether oxygens (including phenoxy) is 1. The molecule has 1 N–H and O–H groups in total. The zero-order valence-corrected chi connectivity index (χ0v) is 18.8. The first-order valence-electron chi connectivity index (χ1n) is 12.1. The molecule has 160 valence electrons. The minimum Gasteiger partial charge on any atom is -0.463 e. The van der Waals surface area contributed by atoms with Gasteiger partial charge in [-0.05, 0) is 98.2 Å². The molecular formula is C25H42O3. The van der Waals surface area contributed by atoms with E-state index in [1.807, 2.05) is 0 Å². The highest BCUT2D eigenvalue weighted by molar-refractivity contribution is 5.66. The average Bonchev–Trinajstić information content (AvgIpc) is 2.87. The van der Waals surface area contributed by atoms with Crippen LogP contribution in [0.1, 0.15) is 98.8 Å². The predicted molar refractivity (Wildman–Crippen MR) is 112 cm³/mol. The SMILES string of the molecule is CCC[C@]1(O)CC[C@H]2[C@@H]3CC[C@H]4C[C@H](OC(C)=O)C[C@H](C)[C@]4(C)[C@H]3CC[C@@]21C. The van der Waals surface area contributed by atoms with Gasteiger partial charge in [0.1, 0.15) is 6.10 Å². The van der Waals surface area contributed by atoms with Crippen LogP contribution in [-0.4, -0.2) is 22.8 Å². The van der Waals surface area contributed by atoms with Crippen LogP contribution in [0.5, 0.6) is 0 Å². The van der Waals surface area contributed by atoms with Gasteiger partial charge in [-0.3, -0.25) is 4.79 Å². The summed E-state index contributed by atoms with van der Waals surface area (Å²) >= 11 is 0. The Labute approximate surface area is 172 Å². The van der Waals surface area contributed by atoms with Gasteiger partial charge in [0.2, 0.25) is 0 Å². The fourth-order valence-electron chi connectivity index (χ4n) is 8.94. The maximum absolute atomic E-state index is 11.6. The molecule has 0 heterocycles. The van der Waals surface area contributed by atoms with E-state index in [4.69, 9.17) is 4.74 Å². The molecule has 0 spiro atoms. The first-order valence-corrected chi connectivity index (χ1v) is 12.1. The number of hydrogen-bond acceptors (Lipinski definition) is 3. The van der Waals surface area contributed by atoms with E-state index in [2.05, 4.69) is 27.7 Å². The molecule has 0 aliphatic heterocycles. The van der Waals surface area contributed by atoms with Crippen LogP contribution >= 0.6 is 0 Å². The number of carbonyl (C=O) groups is 1. The second-order valence-corrected chi connectivity index (χ2v) is 11.4. The molecule has 4 rings (SSSR count). The maximum Gasteiger partial charge on any atom is 0.302 e. The predicted octanol–water partition coefficient (Wildman–Crippen LogP) is 5.74. The average molecular weight is 391 g/mol. The fourth-order valence-corrected chi connectivity index (χ4v) is 8.94. The molecule has 3 heteroatoms. The van der Waals surface area contributed by atoms with Crippen molar-refractivity contribution in [3.63, 3.8) is 0 Å². The summed E-state index contributed by atoms with van der Waals surface area (Å²) < 4.78 is 5.66. The van der Waals surface area contributed by atoms with Crippen molar-refractivity contribution >= 4 is 5.97 Å². The van der Waals surface area contributed by atoms with Crippen LogP contribution in [0.4, 0.5) is 0 Å². The standard InChI is InChI=1S/C25H42O3/c1-6-11-25(27)13-10-21-20-8-7-18-15-19(28-17(3)26)14-16(2)24(18,5)22(20)9-12-23(21,25)4/h16,18-22,27H,6-15H2,1-5H3/t16-,18-,19+,20-,21-,22-,23-,24-,25-/m0/s1. The lowest BCUT2D eigenvalue weighted by Crippen LogP contribution is -2.59. The Morgan fingerprint density at radius 3 is 2.46 bits per heavy atom. The summed E-state index contributed by atoms with van der Waals surface area (Å²) in [6.45, 7) is 11.2. The fraction of sp³-hybridized carbons (Fsp3) is 0.960. The lowest BCUT2D eigenvalue weighted by Gasteiger charge is -2.63. The molecule has 4 saturated carbocycles. The van der Waals surface area contributed by atoms with Gasteiger partial charge in [0.25, 0.3) is 0 Å². The molecule has 9 atom stereocenters. The monoisotopic (exact) mass is 390 g/mol. The van der Waals surface area contributed by atoms with E-state index in [-0.39, 0.29) is 17.5 Å². The van der Waals surface area contributed by atoms with E-state index in [0.29, 0.717) is 23.2 Å². The van der Waals surface area contributed by atoms with E-state index in [1.165, 1.54) is 32.1 Å². The molecule has 28 heavy (non-hydrogen) atoms. The molecule has 0 saturated heterocycles. The van der Waals surface area contributed by atoms with Crippen molar-refractivity contribution in [1.29, 1.82) is 0 Å². The van der Waals surface area contributed by atoms with Crippen LogP contribution in [0.2, 0.25) is 0 Å². The first kappa shape index (κ1) is 20.7.